The fourth-order valence-corrected chi connectivity index (χ4v) is 0.829. The summed E-state index contributed by atoms with van der Waals surface area (Å²) in [6.45, 7) is 9.99. The summed E-state index contributed by atoms with van der Waals surface area (Å²) in [5.74, 6) is -1.12. The van der Waals surface area contributed by atoms with Gasteiger partial charge >= 0.3 is 11.9 Å². The Hall–Kier alpha value is -1.62. The van der Waals surface area contributed by atoms with Crippen LogP contribution in [-0.2, 0) is 19.1 Å². The molecule has 0 fully saturated rings. The van der Waals surface area contributed by atoms with Crippen LogP contribution in [0.25, 0.3) is 0 Å². The third-order valence-corrected chi connectivity index (χ3v) is 1.77. The monoisotopic (exact) mass is 242 g/mol. The minimum atomic E-state index is -1.21. The van der Waals surface area contributed by atoms with Gasteiger partial charge in [-0.2, -0.15) is 0 Å². The van der Waals surface area contributed by atoms with E-state index in [0.29, 0.717) is 12.0 Å². The summed E-state index contributed by atoms with van der Waals surface area (Å²) < 4.78 is 9.42. The van der Waals surface area contributed by atoms with Crippen LogP contribution in [0.2, 0.25) is 0 Å². The van der Waals surface area contributed by atoms with Crippen molar-refractivity contribution in [2.75, 3.05) is 6.61 Å². The highest BCUT2D eigenvalue weighted by Gasteiger charge is 2.11. The first-order chi connectivity index (χ1) is 7.84. The lowest BCUT2D eigenvalue weighted by molar-refractivity contribution is -0.164. The Balaban J connectivity index is 3.68. The van der Waals surface area contributed by atoms with E-state index in [-0.39, 0.29) is 18.6 Å². The van der Waals surface area contributed by atoms with Crippen molar-refractivity contribution in [3.63, 3.8) is 0 Å². The number of carbonyl (C=O) groups excluding carboxylic acids is 2. The third kappa shape index (κ3) is 7.30. The highest BCUT2D eigenvalue weighted by atomic mass is 16.6. The molecule has 0 aliphatic rings. The van der Waals surface area contributed by atoms with Crippen molar-refractivity contribution in [3.8, 4) is 0 Å². The average molecular weight is 242 g/mol. The molecule has 0 bridgehead atoms. The summed E-state index contributed by atoms with van der Waals surface area (Å²) in [6, 6.07) is 0. The maximum absolute atomic E-state index is 11.0. The van der Waals surface area contributed by atoms with Gasteiger partial charge in [0.05, 0.1) is 6.61 Å². The van der Waals surface area contributed by atoms with Crippen molar-refractivity contribution in [2.45, 2.75) is 33.0 Å². The van der Waals surface area contributed by atoms with E-state index in [4.69, 9.17) is 4.74 Å². The molecule has 96 valence electrons. The van der Waals surface area contributed by atoms with Gasteiger partial charge in [-0.25, -0.2) is 9.59 Å². The maximum atomic E-state index is 11.0. The zero-order valence-electron chi connectivity index (χ0n) is 10.2. The molecule has 1 atom stereocenters. The first kappa shape index (κ1) is 15.4. The van der Waals surface area contributed by atoms with Crippen molar-refractivity contribution in [3.05, 3.63) is 24.3 Å². The molecule has 0 aromatic carbocycles. The Morgan fingerprint density at radius 3 is 2.18 bits per heavy atom. The third-order valence-electron chi connectivity index (χ3n) is 1.77. The van der Waals surface area contributed by atoms with Crippen LogP contribution >= 0.6 is 0 Å². The molecule has 17 heavy (non-hydrogen) atoms. The lowest BCUT2D eigenvalue weighted by Crippen LogP contribution is -2.18. The van der Waals surface area contributed by atoms with Crippen LogP contribution in [0, 0.1) is 0 Å². The lowest BCUT2D eigenvalue weighted by atomic mass is 10.3. The Kier molecular flexibility index (Phi) is 6.89. The molecule has 0 spiro atoms. The summed E-state index contributed by atoms with van der Waals surface area (Å²) >= 11 is 0. The molecule has 0 aromatic heterocycles. The Bertz CT molecular complexity index is 319. The van der Waals surface area contributed by atoms with Crippen LogP contribution in [0.3, 0.4) is 0 Å². The number of aliphatic hydroxyl groups excluding tert-OH is 1. The Morgan fingerprint density at radius 1 is 1.18 bits per heavy atom. The first-order valence-corrected chi connectivity index (χ1v) is 5.21. The van der Waals surface area contributed by atoms with Crippen LogP contribution < -0.4 is 0 Å². The minimum Gasteiger partial charge on any atom is -0.462 e. The highest BCUT2D eigenvalue weighted by molar-refractivity contribution is 5.87. The maximum Gasteiger partial charge on any atom is 0.335 e. The highest BCUT2D eigenvalue weighted by Crippen LogP contribution is 2.04. The zero-order valence-corrected chi connectivity index (χ0v) is 10.2. The standard InChI is InChI=1S/C12H18O5/c1-8(2)11(14)16-7-5-6-10(13)17-12(15)9(3)4/h10,13H,1,3,5-7H2,2,4H3. The van der Waals surface area contributed by atoms with Gasteiger partial charge in [0.1, 0.15) is 0 Å². The molecule has 0 amide bonds. The molecule has 0 saturated carbocycles. The number of hydrogen-bond acceptors (Lipinski definition) is 5. The summed E-state index contributed by atoms with van der Waals surface area (Å²) in [7, 11) is 0. The topological polar surface area (TPSA) is 72.8 Å². The summed E-state index contributed by atoms with van der Waals surface area (Å²) in [5, 5.41) is 9.30. The van der Waals surface area contributed by atoms with E-state index in [1.54, 1.807) is 6.92 Å². The number of hydrogen-bond donors (Lipinski definition) is 1. The largest absolute Gasteiger partial charge is 0.462 e. The minimum absolute atomic E-state index is 0.146. The molecule has 0 aromatic rings. The normalized spacial score (nSPS) is 11.5. The number of rotatable bonds is 7. The van der Waals surface area contributed by atoms with Gasteiger partial charge in [-0.3, -0.25) is 0 Å². The number of aliphatic hydroxyl groups is 1. The molecule has 0 aliphatic carbocycles. The van der Waals surface area contributed by atoms with Crippen molar-refractivity contribution in [2.24, 2.45) is 0 Å². The lowest BCUT2D eigenvalue weighted by Gasteiger charge is -2.11. The molecule has 0 radical (unpaired) electrons. The molecule has 0 heterocycles. The van der Waals surface area contributed by atoms with Gasteiger partial charge in [0, 0.05) is 17.6 Å². The fraction of sp³-hybridized carbons (Fsp3) is 0.500. The second kappa shape index (κ2) is 7.62. The first-order valence-electron chi connectivity index (χ1n) is 5.21. The average Bonchev–Trinajstić information content (AvgIpc) is 2.23. The zero-order chi connectivity index (χ0) is 13.4. The van der Waals surface area contributed by atoms with E-state index < -0.39 is 18.2 Å². The van der Waals surface area contributed by atoms with Crippen molar-refractivity contribution in [1.82, 2.24) is 0 Å². The van der Waals surface area contributed by atoms with Crippen LogP contribution in [0.15, 0.2) is 24.3 Å². The van der Waals surface area contributed by atoms with Crippen LogP contribution in [0.1, 0.15) is 26.7 Å². The predicted molar refractivity (Wildman–Crippen MR) is 61.9 cm³/mol. The SMILES string of the molecule is C=C(C)C(=O)OCCCC(O)OC(=O)C(=C)C. The van der Waals surface area contributed by atoms with Crippen molar-refractivity contribution in [1.29, 1.82) is 0 Å². The van der Waals surface area contributed by atoms with Gasteiger partial charge in [-0.05, 0) is 20.3 Å². The van der Waals surface area contributed by atoms with E-state index in [1.807, 2.05) is 0 Å². The molecule has 5 heteroatoms. The molecule has 0 rings (SSSR count). The van der Waals surface area contributed by atoms with Gasteiger partial charge in [-0.1, -0.05) is 13.2 Å². The Morgan fingerprint density at radius 2 is 1.71 bits per heavy atom. The summed E-state index contributed by atoms with van der Waals surface area (Å²) in [4.78, 5) is 22.0. The van der Waals surface area contributed by atoms with Gasteiger partial charge in [-0.15, -0.1) is 0 Å². The molecular weight excluding hydrogens is 224 g/mol. The van der Waals surface area contributed by atoms with Gasteiger partial charge in [0.2, 0.25) is 6.29 Å². The Labute approximate surface area is 101 Å². The van der Waals surface area contributed by atoms with Crippen LogP contribution in [0.5, 0.6) is 0 Å². The number of esters is 2. The second-order valence-electron chi connectivity index (χ2n) is 3.70. The summed E-state index contributed by atoms with van der Waals surface area (Å²) in [5.41, 5.74) is 0.539. The molecule has 0 saturated heterocycles. The number of carbonyl (C=O) groups is 2. The van der Waals surface area contributed by atoms with Gasteiger partial charge in [0.25, 0.3) is 0 Å². The predicted octanol–water partition coefficient (Wildman–Crippen LogP) is 1.32. The van der Waals surface area contributed by atoms with Gasteiger partial charge < -0.3 is 14.6 Å². The quantitative estimate of drug-likeness (QED) is 0.315. The van der Waals surface area contributed by atoms with E-state index >= 15 is 0 Å². The van der Waals surface area contributed by atoms with E-state index in [2.05, 4.69) is 17.9 Å². The second-order valence-corrected chi connectivity index (χ2v) is 3.70. The smallest absolute Gasteiger partial charge is 0.335 e. The fourth-order valence-electron chi connectivity index (χ4n) is 0.829. The molecule has 0 aliphatic heterocycles. The van der Waals surface area contributed by atoms with E-state index in [1.165, 1.54) is 6.92 Å². The molecular formula is C12H18O5. The molecule has 5 nitrogen and oxygen atoms in total. The van der Waals surface area contributed by atoms with Crippen LogP contribution in [0.4, 0.5) is 0 Å². The van der Waals surface area contributed by atoms with Crippen LogP contribution in [-0.4, -0.2) is 29.9 Å². The van der Waals surface area contributed by atoms with Gasteiger partial charge in [0.15, 0.2) is 0 Å². The molecule has 1 unspecified atom stereocenters. The van der Waals surface area contributed by atoms with Crippen molar-refractivity contribution < 1.29 is 24.2 Å². The van der Waals surface area contributed by atoms with E-state index in [9.17, 15) is 14.7 Å². The molecule has 1 N–H and O–H groups in total. The van der Waals surface area contributed by atoms with E-state index in [0.717, 1.165) is 0 Å². The summed E-state index contributed by atoms with van der Waals surface area (Å²) in [6.07, 6.45) is -0.616. The van der Waals surface area contributed by atoms with Crippen molar-refractivity contribution >= 4 is 11.9 Å². The number of ether oxygens (including phenoxy) is 2.